The molecule has 0 saturated heterocycles. The van der Waals surface area contributed by atoms with E-state index in [0.29, 0.717) is 50.6 Å². The van der Waals surface area contributed by atoms with Crippen LogP contribution in [0.25, 0.3) is 0 Å². The van der Waals surface area contributed by atoms with Crippen LogP contribution < -0.4 is 76.5 Å². The Morgan fingerprint density at radius 1 is 0.468 bits per heavy atom. The summed E-state index contributed by atoms with van der Waals surface area (Å²) in [5, 5.41) is 33.0. The van der Waals surface area contributed by atoms with Crippen LogP contribution in [0.3, 0.4) is 0 Å². The number of nitrogens with two attached hydrogens (primary N) is 5. The minimum atomic E-state index is -1.61. The molecule has 20 N–H and O–H groups in total. The molecule has 79 heavy (non-hydrogen) atoms. The zero-order valence-electron chi connectivity index (χ0n) is 47.2. The lowest BCUT2D eigenvalue weighted by atomic mass is 9.99. The third kappa shape index (κ3) is 28.6. The molecule has 0 radical (unpaired) electrons. The van der Waals surface area contributed by atoms with E-state index < -0.39 is 138 Å². The molecule has 1 aromatic rings. The molecule has 26 heteroatoms. The molecule has 0 aliphatic rings. The lowest BCUT2D eigenvalue weighted by molar-refractivity contribution is -0.143. The number of hydrogen-bond acceptors (Lipinski definition) is 15. The minimum Gasteiger partial charge on any atom is -0.480 e. The first-order valence-corrected chi connectivity index (χ1v) is 27.3. The molecule has 0 unspecified atom stereocenters. The second kappa shape index (κ2) is 37.9. The SMILES string of the molecule is CC(C)C[C@H](NC(=O)[C@@H](NC(=O)[C@H](CCCCN)NC(=O)[C@H](CC(C)C)NC(=O)[C@H](CCCCN)NC(=O)CNC(=O)[C@H](CCCCN)NC(=O)[C@H](CC(N)=O)NC(=O)[C@H](Cc1ccccc1)NC(=O)[C@H](C)N)C(C)C)C(=O)O. The van der Waals surface area contributed by atoms with Crippen molar-refractivity contribution in [1.29, 1.82) is 0 Å². The predicted octanol–water partition coefficient (Wildman–Crippen LogP) is -2.33. The molecule has 10 amide bonds. The number of primary amides is 1. The minimum absolute atomic E-state index is 0.00691. The number of carboxylic acid groups (broad SMARTS) is 1. The van der Waals surface area contributed by atoms with Crippen LogP contribution in [0.5, 0.6) is 0 Å². The molecule has 0 fully saturated rings. The zero-order valence-corrected chi connectivity index (χ0v) is 47.2. The molecule has 0 aliphatic heterocycles. The van der Waals surface area contributed by atoms with E-state index in [-0.39, 0.29) is 63.5 Å². The molecule has 446 valence electrons. The van der Waals surface area contributed by atoms with Crippen molar-refractivity contribution in [3.63, 3.8) is 0 Å². The summed E-state index contributed by atoms with van der Waals surface area (Å²) >= 11 is 0. The summed E-state index contributed by atoms with van der Waals surface area (Å²) in [6.45, 7) is 12.1. The van der Waals surface area contributed by atoms with Crippen LogP contribution in [0.15, 0.2) is 30.3 Å². The number of aliphatic carboxylic acids is 1. The highest BCUT2D eigenvalue weighted by Crippen LogP contribution is 2.13. The molecule has 0 saturated carbocycles. The Morgan fingerprint density at radius 3 is 1.34 bits per heavy atom. The Morgan fingerprint density at radius 2 is 0.873 bits per heavy atom. The molecular formula is C53H92N14O12. The standard InChI is InChI=1S/C53H92N14O12/c1-30(2)25-38(49(74)62-37(21-13-16-24-56)48(73)67-44(32(5)6)52(77)66-41(53(78)79)26-31(3)4)64-47(72)36(20-12-15-23-55)60-43(69)29-59-46(71)35(19-11-14-22-54)61-51(76)40(28-42(58)68)65-50(75)39(63-45(70)33(7)57)27-34-17-9-8-10-18-34/h8-10,17-18,30-33,35-41,44H,11-16,19-29,54-57H2,1-7H3,(H2,58,68)(H,59,71)(H,60,69)(H,61,76)(H,62,74)(H,63,70)(H,64,72)(H,65,75)(H,66,77)(H,67,73)(H,78,79)/t33-,35-,36-,37-,38-,39-,40-,41-,44-/m0/s1. The quantitative estimate of drug-likeness (QED) is 0.0307. The van der Waals surface area contributed by atoms with E-state index in [1.165, 1.54) is 6.92 Å². The molecule has 0 bridgehead atoms. The van der Waals surface area contributed by atoms with Crippen LogP contribution in [0.2, 0.25) is 0 Å². The summed E-state index contributed by atoms with van der Waals surface area (Å²) in [6.07, 6.45) is 2.21. The molecule has 9 atom stereocenters. The van der Waals surface area contributed by atoms with Crippen molar-refractivity contribution < 1.29 is 57.8 Å². The molecule has 1 aromatic carbocycles. The third-order valence-corrected chi connectivity index (χ3v) is 12.5. The van der Waals surface area contributed by atoms with Gasteiger partial charge in [0.1, 0.15) is 48.3 Å². The summed E-state index contributed by atoms with van der Waals surface area (Å²) in [7, 11) is 0. The van der Waals surface area contributed by atoms with Gasteiger partial charge in [0.15, 0.2) is 0 Å². The van der Waals surface area contributed by atoms with E-state index in [2.05, 4.69) is 47.9 Å². The van der Waals surface area contributed by atoms with Gasteiger partial charge in [0, 0.05) is 6.42 Å². The highest BCUT2D eigenvalue weighted by molar-refractivity contribution is 5.99. The highest BCUT2D eigenvalue weighted by atomic mass is 16.4. The molecule has 26 nitrogen and oxygen atoms in total. The number of nitrogens with one attached hydrogen (secondary N) is 9. The first-order chi connectivity index (χ1) is 37.2. The summed E-state index contributed by atoms with van der Waals surface area (Å²) < 4.78 is 0. The number of hydrogen-bond donors (Lipinski definition) is 15. The van der Waals surface area contributed by atoms with Crippen LogP contribution in [0, 0.1) is 17.8 Å². The van der Waals surface area contributed by atoms with Crippen molar-refractivity contribution >= 4 is 65.0 Å². The number of carboxylic acids is 1. The fourth-order valence-electron chi connectivity index (χ4n) is 8.13. The van der Waals surface area contributed by atoms with Gasteiger partial charge in [-0.25, -0.2) is 4.79 Å². The van der Waals surface area contributed by atoms with E-state index in [1.807, 2.05) is 27.7 Å². The molecule has 1 rings (SSSR count). The molecule has 0 aromatic heterocycles. The van der Waals surface area contributed by atoms with Crippen molar-refractivity contribution in [1.82, 2.24) is 47.9 Å². The number of amides is 10. The molecule has 0 spiro atoms. The van der Waals surface area contributed by atoms with Crippen molar-refractivity contribution in [2.24, 2.45) is 46.4 Å². The average Bonchev–Trinajstić information content (AvgIpc) is 3.37. The number of carbonyl (C=O) groups excluding carboxylic acids is 10. The van der Waals surface area contributed by atoms with E-state index in [9.17, 15) is 57.8 Å². The summed E-state index contributed by atoms with van der Waals surface area (Å²) in [5.41, 5.74) is 29.1. The van der Waals surface area contributed by atoms with Gasteiger partial charge in [0.2, 0.25) is 59.1 Å². The van der Waals surface area contributed by atoms with E-state index in [4.69, 9.17) is 28.7 Å². The van der Waals surface area contributed by atoms with E-state index >= 15 is 0 Å². The average molecular weight is 1120 g/mol. The maximum atomic E-state index is 14.1. The van der Waals surface area contributed by atoms with Crippen LogP contribution in [0.1, 0.15) is 131 Å². The Balaban J connectivity index is 3.36. The fraction of sp³-hybridized carbons (Fsp3) is 0.679. The van der Waals surface area contributed by atoms with Crippen molar-refractivity contribution in [2.75, 3.05) is 26.2 Å². The van der Waals surface area contributed by atoms with Crippen molar-refractivity contribution in [2.45, 2.75) is 186 Å². The largest absolute Gasteiger partial charge is 0.480 e. The fourth-order valence-corrected chi connectivity index (χ4v) is 8.13. The van der Waals surface area contributed by atoms with Gasteiger partial charge in [0.25, 0.3) is 0 Å². The van der Waals surface area contributed by atoms with Crippen molar-refractivity contribution in [3.05, 3.63) is 35.9 Å². The lowest BCUT2D eigenvalue weighted by Crippen LogP contribution is -2.60. The van der Waals surface area contributed by atoms with E-state index in [0.717, 1.165) is 0 Å². The summed E-state index contributed by atoms with van der Waals surface area (Å²) in [6, 6.07) is -2.56. The normalized spacial score (nSPS) is 14.7. The second-order valence-electron chi connectivity index (χ2n) is 21.0. The Hall–Kier alpha value is -6.77. The molecular weight excluding hydrogens is 1020 g/mol. The summed E-state index contributed by atoms with van der Waals surface area (Å²) in [4.78, 5) is 147. The number of benzene rings is 1. The van der Waals surface area contributed by atoms with Gasteiger partial charge in [-0.1, -0.05) is 71.9 Å². The number of carbonyl (C=O) groups is 11. The molecule has 0 heterocycles. The smallest absolute Gasteiger partial charge is 0.326 e. The van der Waals surface area contributed by atoms with Crippen LogP contribution >= 0.6 is 0 Å². The summed E-state index contributed by atoms with van der Waals surface area (Å²) in [5.74, 6) is -9.99. The third-order valence-electron chi connectivity index (χ3n) is 12.5. The Bertz CT molecular complexity index is 2130. The monoisotopic (exact) mass is 1120 g/mol. The lowest BCUT2D eigenvalue weighted by Gasteiger charge is -2.29. The topological polar surface area (TPSA) is 446 Å². The van der Waals surface area contributed by atoms with Gasteiger partial charge >= 0.3 is 5.97 Å². The number of unbranched alkanes of at least 4 members (excludes halogenated alkanes) is 3. The van der Waals surface area contributed by atoms with Gasteiger partial charge in [-0.15, -0.1) is 0 Å². The van der Waals surface area contributed by atoms with Gasteiger partial charge in [-0.2, -0.15) is 0 Å². The highest BCUT2D eigenvalue weighted by Gasteiger charge is 2.35. The van der Waals surface area contributed by atoms with Gasteiger partial charge < -0.3 is 81.6 Å². The Kier molecular flexibility index (Phi) is 33.7. The first-order valence-electron chi connectivity index (χ1n) is 27.3. The maximum absolute atomic E-state index is 14.1. The number of rotatable bonds is 40. The van der Waals surface area contributed by atoms with Crippen LogP contribution in [0.4, 0.5) is 0 Å². The van der Waals surface area contributed by atoms with E-state index in [1.54, 1.807) is 44.2 Å². The molecule has 0 aliphatic carbocycles. The first kappa shape index (κ1) is 70.2. The maximum Gasteiger partial charge on any atom is 0.326 e. The van der Waals surface area contributed by atoms with Gasteiger partial charge in [-0.05, 0) is 121 Å². The predicted molar refractivity (Wildman–Crippen MR) is 296 cm³/mol. The van der Waals surface area contributed by atoms with Crippen LogP contribution in [-0.2, 0) is 59.2 Å². The Labute approximate surface area is 464 Å². The van der Waals surface area contributed by atoms with Gasteiger partial charge in [0.05, 0.1) is 19.0 Å². The van der Waals surface area contributed by atoms with Crippen LogP contribution in [-0.4, -0.2) is 151 Å². The second-order valence-corrected chi connectivity index (χ2v) is 21.0. The van der Waals surface area contributed by atoms with Gasteiger partial charge in [-0.3, -0.25) is 47.9 Å². The van der Waals surface area contributed by atoms with Crippen molar-refractivity contribution in [3.8, 4) is 0 Å². The zero-order chi connectivity index (χ0) is 59.8.